The van der Waals surface area contributed by atoms with E-state index in [2.05, 4.69) is 42.2 Å². The van der Waals surface area contributed by atoms with Crippen molar-refractivity contribution in [3.05, 3.63) is 35.9 Å². The molecule has 6 aliphatic rings. The number of likely N-dealkylation sites (tertiary alicyclic amines) is 1. The van der Waals surface area contributed by atoms with Crippen molar-refractivity contribution < 1.29 is 4.79 Å². The lowest BCUT2D eigenvalue weighted by atomic mass is 9.38. The number of amides is 1. The molecule has 1 heterocycles. The summed E-state index contributed by atoms with van der Waals surface area (Å²) in [5, 5.41) is 0. The number of rotatable bonds is 2. The van der Waals surface area contributed by atoms with Gasteiger partial charge in [0.1, 0.15) is 0 Å². The summed E-state index contributed by atoms with van der Waals surface area (Å²) in [5.74, 6) is 1.21. The topological polar surface area (TPSA) is 46.3 Å². The molecule has 4 atom stereocenters. The van der Waals surface area contributed by atoms with Crippen LogP contribution in [0.4, 0.5) is 0 Å². The van der Waals surface area contributed by atoms with Gasteiger partial charge in [0.15, 0.2) is 0 Å². The van der Waals surface area contributed by atoms with E-state index >= 15 is 0 Å². The van der Waals surface area contributed by atoms with Crippen molar-refractivity contribution in [1.82, 2.24) is 4.90 Å². The lowest BCUT2D eigenvalue weighted by Crippen LogP contribution is -2.70. The number of hydrogen-bond donors (Lipinski definition) is 1. The molecule has 5 aliphatic carbocycles. The minimum absolute atomic E-state index is 0.0997. The van der Waals surface area contributed by atoms with Crippen LogP contribution < -0.4 is 5.73 Å². The van der Waals surface area contributed by atoms with Crippen LogP contribution in [0.3, 0.4) is 0 Å². The first-order valence-corrected chi connectivity index (χ1v) is 10.9. The van der Waals surface area contributed by atoms with Gasteiger partial charge in [-0.1, -0.05) is 37.3 Å². The van der Waals surface area contributed by atoms with Crippen LogP contribution in [0.25, 0.3) is 0 Å². The summed E-state index contributed by atoms with van der Waals surface area (Å²) < 4.78 is 0. The van der Waals surface area contributed by atoms with Gasteiger partial charge in [0, 0.05) is 24.5 Å². The van der Waals surface area contributed by atoms with Crippen molar-refractivity contribution in [3.8, 4) is 0 Å². The molecule has 3 nitrogen and oxygen atoms in total. The van der Waals surface area contributed by atoms with Gasteiger partial charge in [0.25, 0.3) is 0 Å². The van der Waals surface area contributed by atoms with Crippen LogP contribution in [-0.4, -0.2) is 29.9 Å². The van der Waals surface area contributed by atoms with Gasteiger partial charge in [0.05, 0.1) is 5.41 Å². The molecular formula is C24H32N2O. The number of nitrogens with two attached hydrogens (primary N) is 1. The molecule has 1 amide bonds. The van der Waals surface area contributed by atoms with Gasteiger partial charge in [-0.05, 0) is 73.7 Å². The second-order valence-electron chi connectivity index (χ2n) is 11.6. The Labute approximate surface area is 162 Å². The molecule has 0 aromatic heterocycles. The van der Waals surface area contributed by atoms with Crippen molar-refractivity contribution >= 4 is 5.91 Å². The summed E-state index contributed by atoms with van der Waals surface area (Å²) in [6.45, 7) is 4.42. The van der Waals surface area contributed by atoms with Crippen molar-refractivity contribution in [2.75, 3.05) is 13.1 Å². The quantitative estimate of drug-likeness (QED) is 0.866. The minimum atomic E-state index is -0.0997. The molecule has 1 aliphatic heterocycles. The second-order valence-corrected chi connectivity index (χ2v) is 11.6. The first-order valence-electron chi connectivity index (χ1n) is 10.9. The number of carbonyl (C=O) groups is 1. The van der Waals surface area contributed by atoms with Gasteiger partial charge in [-0.15, -0.1) is 0 Å². The molecule has 7 rings (SSSR count). The predicted octanol–water partition coefficient (Wildman–Crippen LogP) is 3.86. The maximum atomic E-state index is 13.8. The molecule has 5 saturated carbocycles. The lowest BCUT2D eigenvalue weighted by molar-refractivity contribution is -0.186. The van der Waals surface area contributed by atoms with Gasteiger partial charge in [-0.2, -0.15) is 0 Å². The molecule has 4 bridgehead atoms. The van der Waals surface area contributed by atoms with E-state index in [4.69, 9.17) is 5.73 Å². The monoisotopic (exact) mass is 364 g/mol. The van der Waals surface area contributed by atoms with Crippen molar-refractivity contribution in [2.45, 2.75) is 69.7 Å². The van der Waals surface area contributed by atoms with Crippen LogP contribution >= 0.6 is 0 Å². The summed E-state index contributed by atoms with van der Waals surface area (Å²) in [4.78, 5) is 16.0. The summed E-state index contributed by atoms with van der Waals surface area (Å²) in [6, 6.07) is 11.5. The lowest BCUT2D eigenvalue weighted by Gasteiger charge is -2.67. The average molecular weight is 365 g/mol. The van der Waals surface area contributed by atoms with Gasteiger partial charge < -0.3 is 10.6 Å². The van der Waals surface area contributed by atoms with Crippen molar-refractivity contribution in [2.24, 2.45) is 27.9 Å². The third-order valence-electron chi connectivity index (χ3n) is 8.92. The maximum absolute atomic E-state index is 13.8. The van der Waals surface area contributed by atoms with E-state index in [1.165, 1.54) is 24.8 Å². The van der Waals surface area contributed by atoms with Gasteiger partial charge in [0.2, 0.25) is 5.91 Å². The summed E-state index contributed by atoms with van der Waals surface area (Å²) in [6.07, 6.45) is 9.48. The molecule has 1 spiro atoms. The largest absolute Gasteiger partial charge is 0.341 e. The molecule has 2 N–H and O–H groups in total. The van der Waals surface area contributed by atoms with Crippen LogP contribution in [0, 0.1) is 22.2 Å². The predicted molar refractivity (Wildman–Crippen MR) is 106 cm³/mol. The van der Waals surface area contributed by atoms with Crippen LogP contribution in [-0.2, 0) is 10.2 Å². The molecule has 0 radical (unpaired) electrons. The Kier molecular flexibility index (Phi) is 3.06. The first-order chi connectivity index (χ1) is 12.8. The highest BCUT2D eigenvalue weighted by atomic mass is 16.2. The summed E-state index contributed by atoms with van der Waals surface area (Å²) in [7, 11) is 0. The molecule has 1 aromatic rings. The number of benzene rings is 1. The maximum Gasteiger partial charge on any atom is 0.228 e. The zero-order chi connectivity index (χ0) is 18.5. The Morgan fingerprint density at radius 2 is 1.74 bits per heavy atom. The fourth-order valence-electron chi connectivity index (χ4n) is 8.83. The van der Waals surface area contributed by atoms with E-state index < -0.39 is 0 Å². The molecule has 2 unspecified atom stereocenters. The minimum Gasteiger partial charge on any atom is -0.341 e. The van der Waals surface area contributed by atoms with Crippen LogP contribution in [0.2, 0.25) is 0 Å². The van der Waals surface area contributed by atoms with E-state index in [-0.39, 0.29) is 10.8 Å². The summed E-state index contributed by atoms with van der Waals surface area (Å²) in [5.41, 5.74) is 8.37. The Morgan fingerprint density at radius 3 is 2.41 bits per heavy atom. The Hall–Kier alpha value is -1.35. The third-order valence-corrected chi connectivity index (χ3v) is 8.92. The zero-order valence-corrected chi connectivity index (χ0v) is 16.5. The summed E-state index contributed by atoms with van der Waals surface area (Å²) >= 11 is 0. The van der Waals surface area contributed by atoms with Gasteiger partial charge in [-0.3, -0.25) is 4.79 Å². The Morgan fingerprint density at radius 1 is 1.00 bits per heavy atom. The van der Waals surface area contributed by atoms with Crippen LogP contribution in [0.1, 0.15) is 63.9 Å². The molecule has 27 heavy (non-hydrogen) atoms. The van der Waals surface area contributed by atoms with E-state index in [1.54, 1.807) is 0 Å². The molecule has 3 heteroatoms. The Balaban J connectivity index is 1.32. The van der Waals surface area contributed by atoms with E-state index in [0.29, 0.717) is 22.8 Å². The molecular weight excluding hydrogens is 332 g/mol. The highest BCUT2D eigenvalue weighted by Gasteiger charge is 2.66. The highest BCUT2D eigenvalue weighted by molar-refractivity contribution is 5.84. The highest BCUT2D eigenvalue weighted by Crippen LogP contribution is 2.70. The van der Waals surface area contributed by atoms with Gasteiger partial charge >= 0.3 is 0 Å². The number of carbonyl (C=O) groups excluding carboxylic acids is 1. The first kappa shape index (κ1) is 16.6. The SMILES string of the molecule is C[C@@]12CC3CC(C(=O)N4CC5(CC(N)C5)C4)(C1)C[C@](c1ccccc1)(C3)C2. The molecule has 144 valence electrons. The van der Waals surface area contributed by atoms with Crippen LogP contribution in [0.5, 0.6) is 0 Å². The van der Waals surface area contributed by atoms with Gasteiger partial charge in [-0.25, -0.2) is 0 Å². The molecule has 1 aromatic carbocycles. The number of nitrogens with zero attached hydrogens (tertiary/aromatic N) is 1. The third kappa shape index (κ3) is 2.21. The average Bonchev–Trinajstić information content (AvgIpc) is 2.55. The van der Waals surface area contributed by atoms with Crippen molar-refractivity contribution in [1.29, 1.82) is 0 Å². The van der Waals surface area contributed by atoms with Crippen molar-refractivity contribution in [3.63, 3.8) is 0 Å². The Bertz CT molecular complexity index is 792. The fraction of sp³-hybridized carbons (Fsp3) is 0.708. The number of hydrogen-bond acceptors (Lipinski definition) is 2. The van der Waals surface area contributed by atoms with E-state index in [1.807, 2.05) is 0 Å². The molecule has 1 saturated heterocycles. The molecule has 6 fully saturated rings. The second kappa shape index (κ2) is 4.97. The zero-order valence-electron chi connectivity index (χ0n) is 16.5. The van der Waals surface area contributed by atoms with E-state index in [9.17, 15) is 4.79 Å². The van der Waals surface area contributed by atoms with Crippen LogP contribution in [0.15, 0.2) is 30.3 Å². The normalized spacial score (nSPS) is 44.2. The standard InChI is InChI=1S/C24H32N2O/c1-21-7-17-8-23(12-21,18-5-3-2-4-6-18)14-24(9-17,13-21)20(27)26-15-22(16-26)10-19(25)11-22/h2-6,17,19H,7-16,25H2,1H3/t17?,21-,23-,24?/m0/s1. The van der Waals surface area contributed by atoms with E-state index in [0.717, 1.165) is 51.1 Å². The fourth-order valence-corrected chi connectivity index (χ4v) is 8.83. The smallest absolute Gasteiger partial charge is 0.228 e.